The van der Waals surface area contributed by atoms with Gasteiger partial charge in [0, 0.05) is 13.2 Å². The molecule has 0 aromatic rings. The zero-order chi connectivity index (χ0) is 10.8. The highest BCUT2D eigenvalue weighted by molar-refractivity contribution is 4.96. The molecule has 0 aliphatic carbocycles. The van der Waals surface area contributed by atoms with Gasteiger partial charge in [-0.2, -0.15) is 0 Å². The molecule has 0 bridgehead atoms. The molecule has 0 saturated carbocycles. The van der Waals surface area contributed by atoms with E-state index in [9.17, 15) is 0 Å². The minimum absolute atomic E-state index is 0.592. The number of nitrogens with one attached hydrogen (secondary N) is 1. The third-order valence-electron chi connectivity index (χ3n) is 1.56. The summed E-state index contributed by atoms with van der Waals surface area (Å²) in [4.78, 5) is 0. The molecule has 0 heterocycles. The highest BCUT2D eigenvalue weighted by atomic mass is 16.5. The fourth-order valence-electron chi connectivity index (χ4n) is 0.954. The molecule has 0 amide bonds. The molecule has 0 aliphatic rings. The van der Waals surface area contributed by atoms with Crippen LogP contribution in [0.3, 0.4) is 0 Å². The smallest absolute Gasteiger partial charge is 0.0704 e. The molecule has 0 aliphatic heterocycles. The van der Waals surface area contributed by atoms with Gasteiger partial charge in [0.15, 0.2) is 0 Å². The normalized spacial score (nSPS) is 10.9. The van der Waals surface area contributed by atoms with Crippen molar-refractivity contribution in [3.8, 4) is 0 Å². The van der Waals surface area contributed by atoms with E-state index in [2.05, 4.69) is 25.7 Å². The summed E-state index contributed by atoms with van der Waals surface area (Å²) in [6.45, 7) is 11.7. The first-order valence-electron chi connectivity index (χ1n) is 5.13. The molecule has 0 atom stereocenters. The van der Waals surface area contributed by atoms with Crippen molar-refractivity contribution < 1.29 is 9.47 Å². The van der Waals surface area contributed by atoms with Gasteiger partial charge in [-0.15, -0.1) is 0 Å². The second-order valence-corrected chi connectivity index (χ2v) is 3.80. The van der Waals surface area contributed by atoms with Gasteiger partial charge in [0.05, 0.1) is 19.8 Å². The maximum absolute atomic E-state index is 5.37. The Morgan fingerprint density at radius 2 is 1.93 bits per heavy atom. The van der Waals surface area contributed by atoms with Crippen LogP contribution in [0, 0.1) is 5.92 Å². The van der Waals surface area contributed by atoms with E-state index in [0.717, 1.165) is 18.7 Å². The van der Waals surface area contributed by atoms with Crippen LogP contribution < -0.4 is 5.32 Å². The maximum Gasteiger partial charge on any atom is 0.0704 e. The zero-order valence-electron chi connectivity index (χ0n) is 9.64. The fourth-order valence-corrected chi connectivity index (χ4v) is 0.954. The van der Waals surface area contributed by atoms with E-state index in [1.54, 1.807) is 0 Å². The van der Waals surface area contributed by atoms with Crippen LogP contribution in [-0.4, -0.2) is 40.0 Å². The molecule has 0 unspecified atom stereocenters. The first kappa shape index (κ1) is 13.6. The molecule has 14 heavy (non-hydrogen) atoms. The van der Waals surface area contributed by atoms with Crippen molar-refractivity contribution in [1.29, 1.82) is 0 Å². The first-order valence-corrected chi connectivity index (χ1v) is 5.13. The second kappa shape index (κ2) is 9.19. The molecule has 0 saturated heterocycles. The Hall–Kier alpha value is -0.380. The number of hydrogen-bond donors (Lipinski definition) is 1. The summed E-state index contributed by atoms with van der Waals surface area (Å²) in [5, 5.41) is 3.02. The van der Waals surface area contributed by atoms with Gasteiger partial charge in [-0.3, -0.25) is 0 Å². The summed E-state index contributed by atoms with van der Waals surface area (Å²) in [6, 6.07) is 0. The predicted molar refractivity (Wildman–Crippen MR) is 59.5 cm³/mol. The molecule has 0 fully saturated rings. The summed E-state index contributed by atoms with van der Waals surface area (Å²) in [6.07, 6.45) is 0. The van der Waals surface area contributed by atoms with Crippen LogP contribution in [0.25, 0.3) is 0 Å². The summed E-state index contributed by atoms with van der Waals surface area (Å²) in [7, 11) is 1.90. The Bertz CT molecular complexity index is 146. The predicted octanol–water partition coefficient (Wildman–Crippen LogP) is 1.45. The number of ether oxygens (including phenoxy) is 2. The van der Waals surface area contributed by atoms with E-state index in [1.165, 1.54) is 0 Å². The summed E-state index contributed by atoms with van der Waals surface area (Å²) in [5.41, 5.74) is 1.07. The van der Waals surface area contributed by atoms with Gasteiger partial charge in [0.2, 0.25) is 0 Å². The van der Waals surface area contributed by atoms with E-state index in [4.69, 9.17) is 9.47 Å². The lowest BCUT2D eigenvalue weighted by Gasteiger charge is -2.08. The van der Waals surface area contributed by atoms with Crippen molar-refractivity contribution in [2.75, 3.05) is 40.0 Å². The van der Waals surface area contributed by atoms with Gasteiger partial charge < -0.3 is 14.8 Å². The highest BCUT2D eigenvalue weighted by Crippen LogP contribution is 1.93. The molecule has 3 heteroatoms. The van der Waals surface area contributed by atoms with Gasteiger partial charge in [0.1, 0.15) is 0 Å². The molecule has 0 radical (unpaired) electrons. The van der Waals surface area contributed by atoms with Crippen molar-refractivity contribution >= 4 is 0 Å². The van der Waals surface area contributed by atoms with Gasteiger partial charge >= 0.3 is 0 Å². The topological polar surface area (TPSA) is 30.5 Å². The van der Waals surface area contributed by atoms with E-state index >= 15 is 0 Å². The van der Waals surface area contributed by atoms with Crippen LogP contribution in [0.2, 0.25) is 0 Å². The van der Waals surface area contributed by atoms with Crippen LogP contribution in [0.4, 0.5) is 0 Å². The summed E-state index contributed by atoms with van der Waals surface area (Å²) >= 11 is 0. The second-order valence-electron chi connectivity index (χ2n) is 3.80. The summed E-state index contributed by atoms with van der Waals surface area (Å²) < 4.78 is 10.7. The van der Waals surface area contributed by atoms with Crippen LogP contribution in [-0.2, 0) is 9.47 Å². The Kier molecular flexibility index (Phi) is 8.94. The number of likely N-dealkylation sites (N-methyl/N-ethyl adjacent to an activating group) is 1. The first-order chi connectivity index (χ1) is 6.66. The third-order valence-corrected chi connectivity index (χ3v) is 1.56. The lowest BCUT2D eigenvalue weighted by molar-refractivity contribution is 0.0448. The minimum Gasteiger partial charge on any atom is -0.379 e. The molecule has 0 aromatic heterocycles. The SMILES string of the molecule is C=C(CNC)COCCOCC(C)C. The molecule has 0 rings (SSSR count). The van der Waals surface area contributed by atoms with E-state index in [0.29, 0.717) is 25.7 Å². The zero-order valence-corrected chi connectivity index (χ0v) is 9.64. The maximum atomic E-state index is 5.37. The van der Waals surface area contributed by atoms with Crippen molar-refractivity contribution in [1.82, 2.24) is 5.32 Å². The van der Waals surface area contributed by atoms with E-state index in [1.807, 2.05) is 7.05 Å². The standard InChI is InChI=1S/C11H23NO2/c1-10(2)8-13-5-6-14-9-11(3)7-12-4/h10,12H,3,5-9H2,1-2,4H3. The molecular formula is C11H23NO2. The molecule has 0 spiro atoms. The molecule has 84 valence electrons. The molecule has 1 N–H and O–H groups in total. The molecule has 3 nitrogen and oxygen atoms in total. The molecule has 0 aromatic carbocycles. The van der Waals surface area contributed by atoms with Gasteiger partial charge in [-0.05, 0) is 18.5 Å². The van der Waals surface area contributed by atoms with Gasteiger partial charge in [0.25, 0.3) is 0 Å². The van der Waals surface area contributed by atoms with Crippen LogP contribution in [0.1, 0.15) is 13.8 Å². The quantitative estimate of drug-likeness (QED) is 0.452. The van der Waals surface area contributed by atoms with E-state index in [-0.39, 0.29) is 0 Å². The Morgan fingerprint density at radius 3 is 2.50 bits per heavy atom. The lowest BCUT2D eigenvalue weighted by Crippen LogP contribution is -2.15. The summed E-state index contributed by atoms with van der Waals surface area (Å²) in [5.74, 6) is 0.592. The minimum atomic E-state index is 0.592. The highest BCUT2D eigenvalue weighted by Gasteiger charge is 1.95. The third kappa shape index (κ3) is 9.71. The van der Waals surface area contributed by atoms with Gasteiger partial charge in [-0.25, -0.2) is 0 Å². The molecular weight excluding hydrogens is 178 g/mol. The van der Waals surface area contributed by atoms with Crippen molar-refractivity contribution in [2.45, 2.75) is 13.8 Å². The average Bonchev–Trinajstić information content (AvgIpc) is 2.11. The number of rotatable bonds is 9. The van der Waals surface area contributed by atoms with Crippen molar-refractivity contribution in [2.24, 2.45) is 5.92 Å². The van der Waals surface area contributed by atoms with E-state index < -0.39 is 0 Å². The average molecular weight is 201 g/mol. The number of hydrogen-bond acceptors (Lipinski definition) is 3. The van der Waals surface area contributed by atoms with Crippen LogP contribution in [0.5, 0.6) is 0 Å². The monoisotopic (exact) mass is 201 g/mol. The van der Waals surface area contributed by atoms with Gasteiger partial charge in [-0.1, -0.05) is 20.4 Å². The van der Waals surface area contributed by atoms with Crippen molar-refractivity contribution in [3.63, 3.8) is 0 Å². The van der Waals surface area contributed by atoms with Crippen LogP contribution in [0.15, 0.2) is 12.2 Å². The Morgan fingerprint density at radius 1 is 1.29 bits per heavy atom. The Labute approximate surface area is 87.5 Å². The van der Waals surface area contributed by atoms with Crippen molar-refractivity contribution in [3.05, 3.63) is 12.2 Å². The Balaban J connectivity index is 3.09. The fraction of sp³-hybridized carbons (Fsp3) is 0.818. The lowest BCUT2D eigenvalue weighted by atomic mass is 10.2. The largest absolute Gasteiger partial charge is 0.379 e. The van der Waals surface area contributed by atoms with Crippen LogP contribution >= 0.6 is 0 Å².